The van der Waals surface area contributed by atoms with E-state index in [1.54, 1.807) is 31.4 Å². The van der Waals surface area contributed by atoms with Crippen LogP contribution in [0.5, 0.6) is 0 Å². The maximum Gasteiger partial charge on any atom is 0.272 e. The highest BCUT2D eigenvalue weighted by Gasteiger charge is 2.23. The van der Waals surface area contributed by atoms with Crippen molar-refractivity contribution in [1.29, 1.82) is 0 Å². The second-order valence-corrected chi connectivity index (χ2v) is 6.70. The fourth-order valence-electron chi connectivity index (χ4n) is 3.24. The van der Waals surface area contributed by atoms with Crippen LogP contribution >= 0.6 is 0 Å². The molecule has 2 aromatic rings. The Morgan fingerprint density at radius 3 is 2.76 bits per heavy atom. The molecule has 0 spiro atoms. The van der Waals surface area contributed by atoms with Gasteiger partial charge in [0.2, 0.25) is 5.95 Å². The van der Waals surface area contributed by atoms with Crippen molar-refractivity contribution in [2.45, 2.75) is 26.2 Å². The number of amides is 1. The predicted octanol–water partition coefficient (Wildman–Crippen LogP) is 1.74. The maximum atomic E-state index is 12.2. The number of nitrogens with zero attached hydrogens (tertiary/aromatic N) is 6. The largest absolute Gasteiger partial charge is 0.343 e. The van der Waals surface area contributed by atoms with Crippen molar-refractivity contribution in [2.24, 2.45) is 5.92 Å². The molecular weight excluding hydrogens is 316 g/mol. The van der Waals surface area contributed by atoms with Gasteiger partial charge in [-0.2, -0.15) is 0 Å². The molecule has 132 valence electrons. The van der Waals surface area contributed by atoms with Crippen molar-refractivity contribution < 1.29 is 4.79 Å². The summed E-state index contributed by atoms with van der Waals surface area (Å²) in [6.45, 7) is 3.72. The first-order valence-electron chi connectivity index (χ1n) is 8.61. The van der Waals surface area contributed by atoms with E-state index in [0.29, 0.717) is 17.4 Å². The number of aryl methyl sites for hydroxylation is 1. The van der Waals surface area contributed by atoms with E-state index in [4.69, 9.17) is 0 Å². The molecule has 0 N–H and O–H groups in total. The van der Waals surface area contributed by atoms with Crippen LogP contribution in [0.4, 0.5) is 5.95 Å². The third-order valence-corrected chi connectivity index (χ3v) is 4.37. The second kappa shape index (κ2) is 7.55. The molecule has 0 radical (unpaired) electrons. The van der Waals surface area contributed by atoms with Gasteiger partial charge in [0.15, 0.2) is 0 Å². The summed E-state index contributed by atoms with van der Waals surface area (Å²) in [6.07, 6.45) is 6.64. The average molecular weight is 340 g/mol. The Morgan fingerprint density at radius 2 is 2.04 bits per heavy atom. The minimum atomic E-state index is -0.0882. The molecule has 7 nitrogen and oxygen atoms in total. The lowest BCUT2D eigenvalue weighted by atomic mass is 9.93. The number of aromatic nitrogens is 4. The summed E-state index contributed by atoms with van der Waals surface area (Å²) in [5.41, 5.74) is 1.39. The molecule has 1 saturated heterocycles. The van der Waals surface area contributed by atoms with Crippen LogP contribution in [0.2, 0.25) is 0 Å². The fourth-order valence-corrected chi connectivity index (χ4v) is 3.24. The SMILES string of the molecule is Cc1nc(C[C@H]2CCCN(c3ncccn3)C2)cc(C(=O)N(C)C)n1. The van der Waals surface area contributed by atoms with Gasteiger partial charge >= 0.3 is 0 Å². The molecule has 3 heterocycles. The first-order chi connectivity index (χ1) is 12.0. The second-order valence-electron chi connectivity index (χ2n) is 6.70. The van der Waals surface area contributed by atoms with Crippen LogP contribution in [0.25, 0.3) is 0 Å². The lowest BCUT2D eigenvalue weighted by Gasteiger charge is -2.32. The average Bonchev–Trinajstić information content (AvgIpc) is 2.61. The molecule has 0 aromatic carbocycles. The van der Waals surface area contributed by atoms with E-state index in [1.807, 2.05) is 19.1 Å². The van der Waals surface area contributed by atoms with E-state index in [2.05, 4.69) is 24.8 Å². The molecule has 1 aliphatic rings. The number of carbonyl (C=O) groups is 1. The van der Waals surface area contributed by atoms with E-state index < -0.39 is 0 Å². The Bertz CT molecular complexity index is 734. The minimum Gasteiger partial charge on any atom is -0.343 e. The van der Waals surface area contributed by atoms with Crippen LogP contribution in [0.3, 0.4) is 0 Å². The molecule has 0 unspecified atom stereocenters. The van der Waals surface area contributed by atoms with Gasteiger partial charge in [-0.3, -0.25) is 4.79 Å². The Balaban J connectivity index is 1.72. The van der Waals surface area contributed by atoms with Crippen LogP contribution in [0, 0.1) is 12.8 Å². The zero-order valence-electron chi connectivity index (χ0n) is 15.0. The third kappa shape index (κ3) is 4.29. The smallest absolute Gasteiger partial charge is 0.272 e. The molecule has 1 fully saturated rings. The van der Waals surface area contributed by atoms with Gasteiger partial charge in [0.05, 0.1) is 0 Å². The monoisotopic (exact) mass is 340 g/mol. The fraction of sp³-hybridized carbons (Fsp3) is 0.500. The summed E-state index contributed by atoms with van der Waals surface area (Å²) in [4.78, 5) is 33.5. The van der Waals surface area contributed by atoms with Crippen LogP contribution in [-0.4, -0.2) is 57.9 Å². The Hall–Kier alpha value is -2.57. The summed E-state index contributed by atoms with van der Waals surface area (Å²) in [6, 6.07) is 3.66. The predicted molar refractivity (Wildman–Crippen MR) is 95.5 cm³/mol. The number of anilines is 1. The normalized spacial score (nSPS) is 17.4. The molecule has 7 heteroatoms. The van der Waals surface area contributed by atoms with Crippen LogP contribution < -0.4 is 4.90 Å². The molecule has 1 aliphatic heterocycles. The van der Waals surface area contributed by atoms with Crippen molar-refractivity contribution in [3.05, 3.63) is 41.7 Å². The molecule has 0 saturated carbocycles. The van der Waals surface area contributed by atoms with Crippen molar-refractivity contribution in [3.63, 3.8) is 0 Å². The molecule has 0 aliphatic carbocycles. The molecule has 25 heavy (non-hydrogen) atoms. The van der Waals surface area contributed by atoms with Crippen molar-refractivity contribution in [1.82, 2.24) is 24.8 Å². The van der Waals surface area contributed by atoms with Crippen molar-refractivity contribution in [3.8, 4) is 0 Å². The third-order valence-electron chi connectivity index (χ3n) is 4.37. The van der Waals surface area contributed by atoms with E-state index >= 15 is 0 Å². The summed E-state index contributed by atoms with van der Waals surface area (Å²) < 4.78 is 0. The Kier molecular flexibility index (Phi) is 5.21. The van der Waals surface area contributed by atoms with E-state index in [9.17, 15) is 4.79 Å². The maximum absolute atomic E-state index is 12.2. The van der Waals surface area contributed by atoms with Crippen LogP contribution in [-0.2, 0) is 6.42 Å². The first kappa shape index (κ1) is 17.3. The zero-order chi connectivity index (χ0) is 17.8. The standard InChI is InChI=1S/C18H24N6O/c1-13-21-15(11-16(22-13)17(25)23(2)3)10-14-6-4-9-24(12-14)18-19-7-5-8-20-18/h5,7-8,11,14H,4,6,9-10,12H2,1-3H3/t14-/m1/s1. The molecular formula is C18H24N6O. The van der Waals surface area contributed by atoms with Gasteiger partial charge in [-0.05, 0) is 44.2 Å². The number of hydrogen-bond donors (Lipinski definition) is 0. The summed E-state index contributed by atoms with van der Waals surface area (Å²) in [7, 11) is 3.47. The number of rotatable bonds is 4. The highest BCUT2D eigenvalue weighted by molar-refractivity contribution is 5.92. The Labute approximate surface area is 148 Å². The van der Waals surface area contributed by atoms with Gasteiger partial charge in [-0.15, -0.1) is 0 Å². The molecule has 1 atom stereocenters. The van der Waals surface area contributed by atoms with Gasteiger partial charge in [0, 0.05) is 45.3 Å². The first-order valence-corrected chi connectivity index (χ1v) is 8.61. The van der Waals surface area contributed by atoms with Gasteiger partial charge < -0.3 is 9.80 Å². The van der Waals surface area contributed by atoms with E-state index in [0.717, 1.165) is 44.0 Å². The van der Waals surface area contributed by atoms with Crippen LogP contribution in [0.15, 0.2) is 24.5 Å². The quantitative estimate of drug-likeness (QED) is 0.844. The summed E-state index contributed by atoms with van der Waals surface area (Å²) in [5, 5.41) is 0. The topological polar surface area (TPSA) is 75.1 Å². The summed E-state index contributed by atoms with van der Waals surface area (Å²) in [5.74, 6) is 1.81. The van der Waals surface area contributed by atoms with E-state index in [-0.39, 0.29) is 5.91 Å². The number of hydrogen-bond acceptors (Lipinski definition) is 6. The van der Waals surface area contributed by atoms with Gasteiger partial charge in [-0.25, -0.2) is 19.9 Å². The minimum absolute atomic E-state index is 0.0882. The highest BCUT2D eigenvalue weighted by atomic mass is 16.2. The van der Waals surface area contributed by atoms with E-state index in [1.165, 1.54) is 0 Å². The number of carbonyl (C=O) groups excluding carboxylic acids is 1. The lowest BCUT2D eigenvalue weighted by Crippen LogP contribution is -2.37. The lowest BCUT2D eigenvalue weighted by molar-refractivity contribution is 0.0821. The summed E-state index contributed by atoms with van der Waals surface area (Å²) >= 11 is 0. The number of piperidine rings is 1. The van der Waals surface area contributed by atoms with Crippen molar-refractivity contribution >= 4 is 11.9 Å². The van der Waals surface area contributed by atoms with Gasteiger partial charge in [-0.1, -0.05) is 0 Å². The van der Waals surface area contributed by atoms with Gasteiger partial charge in [0.1, 0.15) is 11.5 Å². The Morgan fingerprint density at radius 1 is 1.28 bits per heavy atom. The van der Waals surface area contributed by atoms with Gasteiger partial charge in [0.25, 0.3) is 5.91 Å². The molecule has 2 aromatic heterocycles. The molecule has 1 amide bonds. The highest BCUT2D eigenvalue weighted by Crippen LogP contribution is 2.23. The molecule has 0 bridgehead atoms. The zero-order valence-corrected chi connectivity index (χ0v) is 15.0. The molecule has 3 rings (SSSR count). The van der Waals surface area contributed by atoms with Crippen LogP contribution in [0.1, 0.15) is 34.8 Å². The van der Waals surface area contributed by atoms with Crippen molar-refractivity contribution in [2.75, 3.05) is 32.1 Å².